The van der Waals surface area contributed by atoms with Crippen molar-refractivity contribution in [2.24, 2.45) is 11.7 Å². The zero-order valence-electron chi connectivity index (χ0n) is 9.72. The lowest BCUT2D eigenvalue weighted by atomic mass is 10.2. The third-order valence-electron chi connectivity index (χ3n) is 2.84. The van der Waals surface area contributed by atoms with E-state index < -0.39 is 5.97 Å². The van der Waals surface area contributed by atoms with Gasteiger partial charge in [0, 0.05) is 12.6 Å². The second-order valence-electron chi connectivity index (χ2n) is 4.12. The van der Waals surface area contributed by atoms with Crippen molar-refractivity contribution in [3.05, 3.63) is 17.8 Å². The zero-order valence-corrected chi connectivity index (χ0v) is 9.72. The van der Waals surface area contributed by atoms with Gasteiger partial charge in [0.2, 0.25) is 0 Å². The van der Waals surface area contributed by atoms with E-state index in [-0.39, 0.29) is 11.7 Å². The molecule has 0 bridgehead atoms. The van der Waals surface area contributed by atoms with E-state index in [0.717, 1.165) is 0 Å². The third-order valence-corrected chi connectivity index (χ3v) is 2.84. The topological polar surface area (TPSA) is 90.1 Å². The molecule has 0 spiro atoms. The highest BCUT2D eigenvalue weighted by atomic mass is 16.5. The quantitative estimate of drug-likeness (QED) is 0.720. The van der Waals surface area contributed by atoms with E-state index in [1.165, 1.54) is 20.0 Å². The number of hydrogen-bond acceptors (Lipinski definition) is 6. The number of nitrogens with two attached hydrogens (primary N) is 1. The van der Waals surface area contributed by atoms with E-state index in [0.29, 0.717) is 18.3 Å². The maximum absolute atomic E-state index is 11.2. The van der Waals surface area contributed by atoms with Crippen molar-refractivity contribution in [1.82, 2.24) is 10.2 Å². The predicted molar refractivity (Wildman–Crippen MR) is 62.6 cm³/mol. The van der Waals surface area contributed by atoms with Gasteiger partial charge in [-0.05, 0) is 30.9 Å². The standard InChI is InChI=1S/C11H16N4O2/c1-17-11(16)8-4-5-10(15-14-8)13-9(6-12)7-2-3-7/h4-5,7,9H,2-3,6,12H2,1H3,(H,13,15). The van der Waals surface area contributed by atoms with Gasteiger partial charge in [0.05, 0.1) is 7.11 Å². The molecule has 0 saturated heterocycles. The number of ether oxygens (including phenoxy) is 1. The highest BCUT2D eigenvalue weighted by Crippen LogP contribution is 2.33. The third kappa shape index (κ3) is 2.91. The Morgan fingerprint density at radius 2 is 2.35 bits per heavy atom. The molecule has 0 aliphatic heterocycles. The van der Waals surface area contributed by atoms with Crippen LogP contribution in [-0.4, -0.2) is 35.9 Å². The van der Waals surface area contributed by atoms with E-state index in [1.807, 2.05) is 0 Å². The van der Waals surface area contributed by atoms with Crippen LogP contribution in [-0.2, 0) is 4.74 Å². The summed E-state index contributed by atoms with van der Waals surface area (Å²) >= 11 is 0. The largest absolute Gasteiger partial charge is 0.464 e. The Morgan fingerprint density at radius 1 is 1.59 bits per heavy atom. The van der Waals surface area contributed by atoms with Crippen LogP contribution in [0.4, 0.5) is 5.82 Å². The van der Waals surface area contributed by atoms with Crippen molar-refractivity contribution in [1.29, 1.82) is 0 Å². The molecule has 1 aliphatic rings. The highest BCUT2D eigenvalue weighted by Gasteiger charge is 2.30. The van der Waals surface area contributed by atoms with E-state index in [9.17, 15) is 4.79 Å². The Kier molecular flexibility index (Phi) is 3.53. The van der Waals surface area contributed by atoms with Crippen molar-refractivity contribution in [3.63, 3.8) is 0 Å². The maximum Gasteiger partial charge on any atom is 0.358 e. The highest BCUT2D eigenvalue weighted by molar-refractivity contribution is 5.86. The van der Waals surface area contributed by atoms with Gasteiger partial charge in [0.1, 0.15) is 5.82 Å². The maximum atomic E-state index is 11.2. The van der Waals surface area contributed by atoms with Crippen LogP contribution in [0, 0.1) is 5.92 Å². The first-order valence-corrected chi connectivity index (χ1v) is 5.63. The van der Waals surface area contributed by atoms with E-state index >= 15 is 0 Å². The number of rotatable bonds is 5. The van der Waals surface area contributed by atoms with E-state index in [4.69, 9.17) is 5.73 Å². The van der Waals surface area contributed by atoms with Crippen molar-refractivity contribution >= 4 is 11.8 Å². The summed E-state index contributed by atoms with van der Waals surface area (Å²) in [6, 6.07) is 3.54. The molecule has 17 heavy (non-hydrogen) atoms. The van der Waals surface area contributed by atoms with Crippen LogP contribution in [0.5, 0.6) is 0 Å². The molecule has 1 fully saturated rings. The molecule has 2 rings (SSSR count). The number of anilines is 1. The van der Waals surface area contributed by atoms with Crippen LogP contribution >= 0.6 is 0 Å². The summed E-state index contributed by atoms with van der Waals surface area (Å²) in [6.07, 6.45) is 2.42. The van der Waals surface area contributed by atoms with Crippen LogP contribution in [0.3, 0.4) is 0 Å². The summed E-state index contributed by atoms with van der Waals surface area (Å²) < 4.78 is 4.54. The molecule has 1 atom stereocenters. The van der Waals surface area contributed by atoms with Gasteiger partial charge in [-0.3, -0.25) is 0 Å². The molecule has 0 amide bonds. The van der Waals surface area contributed by atoms with Crippen molar-refractivity contribution in [3.8, 4) is 0 Å². The Bertz CT molecular complexity index is 389. The van der Waals surface area contributed by atoms with Crippen molar-refractivity contribution < 1.29 is 9.53 Å². The summed E-state index contributed by atoms with van der Waals surface area (Å²) in [5.41, 5.74) is 5.88. The molecule has 1 saturated carbocycles. The molecule has 3 N–H and O–H groups in total. The summed E-state index contributed by atoms with van der Waals surface area (Å²) in [4.78, 5) is 11.2. The first-order valence-electron chi connectivity index (χ1n) is 5.63. The summed E-state index contributed by atoms with van der Waals surface area (Å²) in [5, 5.41) is 10.9. The van der Waals surface area contributed by atoms with Gasteiger partial charge in [-0.1, -0.05) is 0 Å². The smallest absolute Gasteiger partial charge is 0.358 e. The number of methoxy groups -OCH3 is 1. The summed E-state index contributed by atoms with van der Waals surface area (Å²) in [6.45, 7) is 0.575. The first-order chi connectivity index (χ1) is 8.24. The molecular formula is C11H16N4O2. The Balaban J connectivity index is 1.99. The molecule has 1 unspecified atom stereocenters. The molecule has 1 aromatic heterocycles. The second-order valence-corrected chi connectivity index (χ2v) is 4.12. The van der Waals surface area contributed by atoms with Gasteiger partial charge < -0.3 is 15.8 Å². The molecule has 0 radical (unpaired) electrons. The van der Waals surface area contributed by atoms with E-state index in [2.05, 4.69) is 20.3 Å². The lowest BCUT2D eigenvalue weighted by Gasteiger charge is -2.15. The van der Waals surface area contributed by atoms with Gasteiger partial charge in [0.15, 0.2) is 5.69 Å². The molecule has 1 heterocycles. The first kappa shape index (κ1) is 11.8. The average Bonchev–Trinajstić information content (AvgIpc) is 3.20. The lowest BCUT2D eigenvalue weighted by molar-refractivity contribution is 0.0593. The molecule has 6 nitrogen and oxygen atoms in total. The van der Waals surface area contributed by atoms with Gasteiger partial charge in [-0.25, -0.2) is 4.79 Å². The molecule has 1 aromatic rings. The normalized spacial score (nSPS) is 16.4. The Morgan fingerprint density at radius 3 is 2.82 bits per heavy atom. The number of nitrogens with zero attached hydrogens (tertiary/aromatic N) is 2. The van der Waals surface area contributed by atoms with Crippen molar-refractivity contribution in [2.45, 2.75) is 18.9 Å². The molecule has 0 aromatic carbocycles. The van der Waals surface area contributed by atoms with Crippen LogP contribution in [0.1, 0.15) is 23.3 Å². The SMILES string of the molecule is COC(=O)c1ccc(NC(CN)C2CC2)nn1. The van der Waals surface area contributed by atoms with E-state index in [1.54, 1.807) is 12.1 Å². The number of carbonyl (C=O) groups is 1. The average molecular weight is 236 g/mol. The van der Waals surface area contributed by atoms with Gasteiger partial charge in [-0.2, -0.15) is 0 Å². The zero-order chi connectivity index (χ0) is 12.3. The molecular weight excluding hydrogens is 220 g/mol. The number of nitrogens with one attached hydrogen (secondary N) is 1. The fourth-order valence-corrected chi connectivity index (χ4v) is 1.68. The fraction of sp³-hybridized carbons (Fsp3) is 0.545. The number of hydrogen-bond donors (Lipinski definition) is 2. The number of carbonyl (C=O) groups excluding carboxylic acids is 1. The molecule has 1 aliphatic carbocycles. The number of esters is 1. The van der Waals surface area contributed by atoms with Crippen LogP contribution < -0.4 is 11.1 Å². The predicted octanol–water partition coefficient (Wildman–Crippen LogP) is 0.412. The Labute approximate surface area is 99.6 Å². The van der Waals surface area contributed by atoms with Crippen LogP contribution in [0.15, 0.2) is 12.1 Å². The van der Waals surface area contributed by atoms with Crippen molar-refractivity contribution in [2.75, 3.05) is 19.0 Å². The summed E-state index contributed by atoms with van der Waals surface area (Å²) in [7, 11) is 1.31. The number of aromatic nitrogens is 2. The summed E-state index contributed by atoms with van der Waals surface area (Å²) in [5.74, 6) is 0.795. The van der Waals surface area contributed by atoms with Gasteiger partial charge in [-0.15, -0.1) is 10.2 Å². The Hall–Kier alpha value is -1.69. The van der Waals surface area contributed by atoms with Crippen LogP contribution in [0.2, 0.25) is 0 Å². The molecule has 6 heteroatoms. The minimum atomic E-state index is -0.485. The minimum absolute atomic E-state index is 0.203. The van der Waals surface area contributed by atoms with Crippen LogP contribution in [0.25, 0.3) is 0 Å². The minimum Gasteiger partial charge on any atom is -0.464 e. The van der Waals surface area contributed by atoms with Gasteiger partial charge in [0.25, 0.3) is 0 Å². The fourth-order valence-electron chi connectivity index (χ4n) is 1.68. The monoisotopic (exact) mass is 236 g/mol. The lowest BCUT2D eigenvalue weighted by Crippen LogP contribution is -2.31. The van der Waals surface area contributed by atoms with Gasteiger partial charge >= 0.3 is 5.97 Å². The second kappa shape index (κ2) is 5.09. The molecule has 92 valence electrons.